The van der Waals surface area contributed by atoms with E-state index in [1.54, 1.807) is 29.8 Å². The molecule has 0 radical (unpaired) electrons. The normalized spacial score (nSPS) is 27.0. The van der Waals surface area contributed by atoms with Gasteiger partial charge in [0.15, 0.2) is 17.7 Å². The number of hydroxylamine groups is 1. The van der Waals surface area contributed by atoms with Crippen molar-refractivity contribution >= 4 is 23.4 Å². The zero-order valence-corrected chi connectivity index (χ0v) is 20.6. The molecule has 5 rings (SSSR count). The van der Waals surface area contributed by atoms with E-state index in [0.29, 0.717) is 0 Å². The molecule has 1 aliphatic heterocycles. The zero-order chi connectivity index (χ0) is 23.5. The summed E-state index contributed by atoms with van der Waals surface area (Å²) in [5.74, 6) is 8.62. The second kappa shape index (κ2) is 9.99. The van der Waals surface area contributed by atoms with E-state index in [1.807, 2.05) is 24.4 Å². The average Bonchev–Trinajstić information content (AvgIpc) is 3.61. The van der Waals surface area contributed by atoms with Gasteiger partial charge in [-0.15, -0.1) is 11.3 Å². The molecule has 1 aromatic carbocycles. The molecule has 0 bridgehead atoms. The van der Waals surface area contributed by atoms with Crippen LogP contribution in [0.2, 0.25) is 0 Å². The second-order valence-electron chi connectivity index (χ2n) is 9.42. The van der Waals surface area contributed by atoms with Gasteiger partial charge in [-0.3, -0.25) is 0 Å². The Balaban J connectivity index is 1.44. The third-order valence-corrected chi connectivity index (χ3v) is 7.87. The van der Waals surface area contributed by atoms with Gasteiger partial charge in [-0.1, -0.05) is 17.9 Å². The summed E-state index contributed by atoms with van der Waals surface area (Å²) in [6, 6.07) is 8.28. The van der Waals surface area contributed by atoms with Gasteiger partial charge >= 0.3 is 0 Å². The zero-order valence-electron chi connectivity index (χ0n) is 19.8. The van der Waals surface area contributed by atoms with Crippen LogP contribution in [-0.4, -0.2) is 37.0 Å². The first-order chi connectivity index (χ1) is 16.5. The molecule has 1 unspecified atom stereocenters. The molecule has 0 amide bonds. The Morgan fingerprint density at radius 3 is 2.65 bits per heavy atom. The number of aliphatic hydroxyl groups excluding tert-OH is 1. The predicted octanol–water partition coefficient (Wildman–Crippen LogP) is 5.43. The smallest absolute Gasteiger partial charge is 0.174 e. The van der Waals surface area contributed by atoms with Crippen LogP contribution < -0.4 is 14.5 Å². The van der Waals surface area contributed by atoms with Crippen molar-refractivity contribution in [3.63, 3.8) is 0 Å². The molecule has 2 heterocycles. The van der Waals surface area contributed by atoms with Gasteiger partial charge in [-0.05, 0) is 82.1 Å². The molecule has 2 fully saturated rings. The van der Waals surface area contributed by atoms with Gasteiger partial charge in [0.05, 0.1) is 35.3 Å². The minimum absolute atomic E-state index is 0.165. The number of thiophene rings is 1. The number of hydrogen-bond acceptors (Lipinski definition) is 7. The fraction of sp³-hybridized carbons (Fsp3) is 0.519. The molecule has 1 aromatic heterocycles. The average molecular weight is 481 g/mol. The topological polar surface area (TPSA) is 63.5 Å². The number of benzene rings is 1. The Kier molecular flexibility index (Phi) is 6.82. The largest absolute Gasteiger partial charge is 0.493 e. The maximum Gasteiger partial charge on any atom is 0.174 e. The van der Waals surface area contributed by atoms with Crippen LogP contribution in [0.15, 0.2) is 34.6 Å². The van der Waals surface area contributed by atoms with E-state index in [9.17, 15) is 5.11 Å². The van der Waals surface area contributed by atoms with E-state index in [0.717, 1.165) is 66.2 Å². The first-order valence-electron chi connectivity index (χ1n) is 12.2. The van der Waals surface area contributed by atoms with Gasteiger partial charge in [0.2, 0.25) is 0 Å². The summed E-state index contributed by atoms with van der Waals surface area (Å²) in [5.41, 5.74) is 1.75. The van der Waals surface area contributed by atoms with Gasteiger partial charge < -0.3 is 14.6 Å². The molecule has 2 aromatic rings. The Labute approximate surface area is 205 Å². The second-order valence-corrected chi connectivity index (χ2v) is 10.3. The molecule has 6 nitrogen and oxygen atoms in total. The van der Waals surface area contributed by atoms with Crippen LogP contribution >= 0.6 is 11.3 Å². The minimum Gasteiger partial charge on any atom is -0.493 e. The fourth-order valence-corrected chi connectivity index (χ4v) is 5.74. The minimum atomic E-state index is -0.330. The molecule has 34 heavy (non-hydrogen) atoms. The van der Waals surface area contributed by atoms with Crippen LogP contribution in [0.1, 0.15) is 68.7 Å². The predicted molar refractivity (Wildman–Crippen MR) is 135 cm³/mol. The monoisotopic (exact) mass is 480 g/mol. The lowest BCUT2D eigenvalue weighted by Gasteiger charge is -2.35. The summed E-state index contributed by atoms with van der Waals surface area (Å²) in [7, 11) is 1.69. The number of hydrogen-bond donors (Lipinski definition) is 1. The van der Waals surface area contributed by atoms with Crippen LogP contribution in [0, 0.1) is 11.8 Å². The van der Waals surface area contributed by atoms with Crippen molar-refractivity contribution < 1.29 is 19.4 Å². The van der Waals surface area contributed by atoms with Gasteiger partial charge in [-0.2, -0.15) is 0 Å². The van der Waals surface area contributed by atoms with Gasteiger partial charge in [-0.25, -0.2) is 14.9 Å². The van der Waals surface area contributed by atoms with Gasteiger partial charge in [0.1, 0.15) is 6.34 Å². The third kappa shape index (κ3) is 4.95. The lowest BCUT2D eigenvalue weighted by Crippen LogP contribution is -2.32. The van der Waals surface area contributed by atoms with Gasteiger partial charge in [0, 0.05) is 5.38 Å². The number of nitrogens with zero attached hydrogens (tertiary/aromatic N) is 2. The third-order valence-electron chi connectivity index (χ3n) is 7.03. The van der Waals surface area contributed by atoms with E-state index >= 15 is 0 Å². The Hall–Kier alpha value is -2.53. The maximum atomic E-state index is 10.2. The van der Waals surface area contributed by atoms with E-state index in [1.165, 1.54) is 12.8 Å². The number of methoxy groups -OCH3 is 1. The fourth-order valence-electron chi connectivity index (χ4n) is 5.02. The lowest BCUT2D eigenvalue weighted by atomic mass is 9.69. The molecule has 7 heteroatoms. The van der Waals surface area contributed by atoms with Crippen LogP contribution in [0.4, 0.5) is 5.69 Å². The Morgan fingerprint density at radius 1 is 1.15 bits per heavy atom. The van der Waals surface area contributed by atoms with E-state index < -0.39 is 0 Å². The first-order valence-corrected chi connectivity index (χ1v) is 13.1. The standard InChI is InChI=1S/C27H32N2O4S/c1-19-28-18-29(33-19)21-16-24(34-17-21)11-14-27(12-9-22(30)10-13-27)20-7-8-25(31-2)26(15-20)32-23-5-3-4-6-23/h7-8,15-19,22-23,30H,3-6,9-10,12-13H2,1-2H3. The molecule has 1 N–H and O–H groups in total. The maximum absolute atomic E-state index is 10.2. The highest BCUT2D eigenvalue weighted by molar-refractivity contribution is 7.11. The highest BCUT2D eigenvalue weighted by atomic mass is 32.1. The van der Waals surface area contributed by atoms with Crippen molar-refractivity contribution in [3.05, 3.63) is 40.1 Å². The number of aliphatic imine (C=N–C) groups is 1. The number of rotatable bonds is 5. The summed E-state index contributed by atoms with van der Waals surface area (Å²) in [5, 5.41) is 13.9. The van der Waals surface area contributed by atoms with Crippen molar-refractivity contribution in [1.82, 2.24) is 0 Å². The van der Waals surface area contributed by atoms with Crippen molar-refractivity contribution in [2.45, 2.75) is 82.1 Å². The number of anilines is 1. The summed E-state index contributed by atoms with van der Waals surface area (Å²) >= 11 is 1.60. The molecule has 2 aliphatic carbocycles. The molecule has 2 saturated carbocycles. The molecule has 3 aliphatic rings. The van der Waals surface area contributed by atoms with E-state index in [2.05, 4.69) is 29.0 Å². The van der Waals surface area contributed by atoms with Crippen LogP contribution in [0.3, 0.4) is 0 Å². The number of ether oxygens (including phenoxy) is 2. The molecule has 1 atom stereocenters. The van der Waals surface area contributed by atoms with Crippen LogP contribution in [0.25, 0.3) is 0 Å². The quantitative estimate of drug-likeness (QED) is 0.579. The SMILES string of the molecule is COc1ccc(C2(C#Cc3cc(N4C=NC(C)O4)cs3)CCC(O)CC2)cc1OC1CCCC1. The van der Waals surface area contributed by atoms with E-state index in [-0.39, 0.29) is 23.9 Å². The van der Waals surface area contributed by atoms with Crippen molar-refractivity contribution in [2.75, 3.05) is 12.2 Å². The summed E-state index contributed by atoms with van der Waals surface area (Å²) in [4.78, 5) is 10.9. The molecule has 0 spiro atoms. The van der Waals surface area contributed by atoms with Gasteiger partial charge in [0.25, 0.3) is 0 Å². The molecule has 180 valence electrons. The van der Waals surface area contributed by atoms with Crippen molar-refractivity contribution in [1.29, 1.82) is 0 Å². The summed E-state index contributed by atoms with van der Waals surface area (Å²) in [6.07, 6.45) is 9.27. The summed E-state index contributed by atoms with van der Waals surface area (Å²) < 4.78 is 12.0. The molecular weight excluding hydrogens is 448 g/mol. The van der Waals surface area contributed by atoms with Crippen molar-refractivity contribution in [2.24, 2.45) is 4.99 Å². The highest BCUT2D eigenvalue weighted by Crippen LogP contribution is 2.43. The number of aliphatic hydroxyl groups is 1. The lowest BCUT2D eigenvalue weighted by molar-refractivity contribution is 0.101. The summed E-state index contributed by atoms with van der Waals surface area (Å²) in [6.45, 7) is 1.91. The Bertz CT molecular complexity index is 1090. The van der Waals surface area contributed by atoms with Crippen LogP contribution in [0.5, 0.6) is 11.5 Å². The van der Waals surface area contributed by atoms with E-state index in [4.69, 9.17) is 14.3 Å². The van der Waals surface area contributed by atoms with Crippen LogP contribution in [-0.2, 0) is 10.3 Å². The molecular formula is C27H32N2O4S. The Morgan fingerprint density at radius 2 is 1.94 bits per heavy atom. The molecule has 0 saturated heterocycles. The highest BCUT2D eigenvalue weighted by Gasteiger charge is 2.36. The first kappa shape index (κ1) is 23.2. The van der Waals surface area contributed by atoms with Crippen molar-refractivity contribution in [3.8, 4) is 23.3 Å².